The summed E-state index contributed by atoms with van der Waals surface area (Å²) in [5.74, 6) is 0. The van der Waals surface area contributed by atoms with Crippen LogP contribution in [0.2, 0.25) is 0 Å². The first-order valence-corrected chi connectivity index (χ1v) is 16.4. The van der Waals surface area contributed by atoms with E-state index in [1.807, 2.05) is 63.4 Å². The molecule has 0 saturated carbocycles. The third kappa shape index (κ3) is 76.6. The molecule has 0 bridgehead atoms. The van der Waals surface area contributed by atoms with Gasteiger partial charge in [0.25, 0.3) is 0 Å². The zero-order chi connectivity index (χ0) is 31.9. The summed E-state index contributed by atoms with van der Waals surface area (Å²) >= 11 is 0. The summed E-state index contributed by atoms with van der Waals surface area (Å²) < 4.78 is 53.7. The smallest absolute Gasteiger partial charge is 0.469 e. The number of quaternary nitrogens is 3. The topological polar surface area (TPSA) is 287 Å². The molecule has 6 N–H and O–H groups in total. The van der Waals surface area contributed by atoms with Crippen LogP contribution in [0, 0.1) is 0 Å². The SMILES string of the molecule is C[N+](C)(C)CCOP(=O)(O)O.C[N+](C)(C)CCOP(=O)(O)O.C[N+](C)(C)CCOP(=O)(O)O.O=P([O-])([O-])[O-]. The second kappa shape index (κ2) is 18.7. The number of phosphoric acid groups is 4. The van der Waals surface area contributed by atoms with Gasteiger partial charge in [-0.2, -0.15) is 7.82 Å². The summed E-state index contributed by atoms with van der Waals surface area (Å²) in [5, 5.41) is 0. The molecule has 23 heteroatoms. The Bertz CT molecular complexity index is 702. The van der Waals surface area contributed by atoms with E-state index < -0.39 is 31.3 Å². The molecule has 0 aromatic heterocycles. The van der Waals surface area contributed by atoms with Gasteiger partial charge < -0.3 is 62.1 Å². The van der Waals surface area contributed by atoms with E-state index in [9.17, 15) is 13.7 Å². The fourth-order valence-electron chi connectivity index (χ4n) is 1.30. The van der Waals surface area contributed by atoms with E-state index in [4.69, 9.17) is 48.6 Å². The molecule has 0 unspecified atom stereocenters. The molecule has 0 aromatic rings. The van der Waals surface area contributed by atoms with Crippen molar-refractivity contribution in [3.63, 3.8) is 0 Å². The van der Waals surface area contributed by atoms with Gasteiger partial charge in [0.05, 0.1) is 63.4 Å². The third-order valence-electron chi connectivity index (χ3n) is 3.06. The lowest BCUT2D eigenvalue weighted by atomic mass is 10.5. The Morgan fingerprint density at radius 2 is 0.605 bits per heavy atom. The largest absolute Gasteiger partial charge is 0.822 e. The van der Waals surface area contributed by atoms with Gasteiger partial charge in [0, 0.05) is 0 Å². The van der Waals surface area contributed by atoms with Crippen molar-refractivity contribution in [1.29, 1.82) is 0 Å². The molecule has 38 heavy (non-hydrogen) atoms. The Morgan fingerprint density at radius 1 is 0.474 bits per heavy atom. The number of nitrogens with zero attached hydrogens (tertiary/aromatic N) is 3. The van der Waals surface area contributed by atoms with Gasteiger partial charge in [0.2, 0.25) is 0 Å². The van der Waals surface area contributed by atoms with Crippen LogP contribution in [0.15, 0.2) is 0 Å². The van der Waals surface area contributed by atoms with Crippen molar-refractivity contribution in [3.05, 3.63) is 0 Å². The van der Waals surface area contributed by atoms with Crippen molar-refractivity contribution in [2.75, 3.05) is 103 Å². The van der Waals surface area contributed by atoms with Gasteiger partial charge >= 0.3 is 23.5 Å². The Kier molecular flexibility index (Phi) is 22.3. The molecule has 19 nitrogen and oxygen atoms in total. The highest BCUT2D eigenvalue weighted by atomic mass is 31.2. The monoisotopic (exact) mass is 647 g/mol. The molecule has 0 radical (unpaired) electrons. The summed E-state index contributed by atoms with van der Waals surface area (Å²) in [6, 6.07) is 0. The first kappa shape index (κ1) is 45.3. The van der Waals surface area contributed by atoms with Crippen LogP contribution in [0.3, 0.4) is 0 Å². The summed E-state index contributed by atoms with van der Waals surface area (Å²) in [6.07, 6.45) is 0. The molecular formula is C15H45N3O16P4. The molecule has 0 aliphatic rings. The maximum Gasteiger partial charge on any atom is 0.469 e. The molecule has 0 aliphatic heterocycles. The summed E-state index contributed by atoms with van der Waals surface area (Å²) in [6.45, 7) is 1.96. The second-order valence-corrected chi connectivity index (χ2v) is 15.1. The van der Waals surface area contributed by atoms with E-state index in [1.165, 1.54) is 0 Å². The van der Waals surface area contributed by atoms with E-state index in [0.717, 1.165) is 0 Å². The zero-order valence-electron chi connectivity index (χ0n) is 23.1. The van der Waals surface area contributed by atoms with Crippen LogP contribution in [-0.4, -0.2) is 146 Å². The Balaban J connectivity index is -0.000000209. The van der Waals surface area contributed by atoms with Crippen LogP contribution < -0.4 is 14.7 Å². The lowest BCUT2D eigenvalue weighted by molar-refractivity contribution is -0.870. The highest BCUT2D eigenvalue weighted by molar-refractivity contribution is 7.46. The molecule has 0 aliphatic carbocycles. The minimum atomic E-state index is -5.39. The highest BCUT2D eigenvalue weighted by Crippen LogP contribution is 2.36. The van der Waals surface area contributed by atoms with E-state index in [0.29, 0.717) is 33.1 Å². The van der Waals surface area contributed by atoms with Gasteiger partial charge in [0.15, 0.2) is 0 Å². The zero-order valence-corrected chi connectivity index (χ0v) is 26.7. The maximum atomic E-state index is 10.2. The Labute approximate surface area is 223 Å². The van der Waals surface area contributed by atoms with Crippen LogP contribution in [0.5, 0.6) is 0 Å². The normalized spacial score (nSPS) is 13.3. The van der Waals surface area contributed by atoms with Crippen LogP contribution in [0.1, 0.15) is 0 Å². The third-order valence-corrected chi connectivity index (χ3v) is 4.62. The average molecular weight is 647 g/mol. The number of hydrogen-bond acceptors (Lipinski definition) is 10. The number of likely N-dealkylation sites (N-methyl/N-ethyl adjacent to an activating group) is 3. The van der Waals surface area contributed by atoms with E-state index in [1.54, 1.807) is 0 Å². The van der Waals surface area contributed by atoms with Crippen molar-refractivity contribution >= 4 is 31.3 Å². The molecule has 0 fully saturated rings. The summed E-state index contributed by atoms with van der Waals surface area (Å²) in [5.41, 5.74) is 0. The lowest BCUT2D eigenvalue weighted by Gasteiger charge is -2.36. The second-order valence-electron chi connectivity index (χ2n) is 10.5. The number of rotatable bonds is 12. The molecule has 0 atom stereocenters. The predicted molar refractivity (Wildman–Crippen MR) is 130 cm³/mol. The molecular weight excluding hydrogens is 602 g/mol. The average Bonchev–Trinajstić information content (AvgIpc) is 2.46. The first-order valence-electron chi connectivity index (χ1n) is 10.4. The van der Waals surface area contributed by atoms with Crippen LogP contribution in [0.25, 0.3) is 0 Å². The first-order chi connectivity index (χ1) is 16.1. The standard InChI is InChI=1S/3C5H14NO4P.H3O4P/c3*1-6(2,3)4-5-10-11(7,8)9;1-5(2,3)4/h3*4-5H2,1-3H3,(H-,7,8,9);(H3,1,2,3,4). The quantitative estimate of drug-likeness (QED) is 0.0888. The van der Waals surface area contributed by atoms with Crippen molar-refractivity contribution < 1.29 is 89.3 Å². The fraction of sp³-hybridized carbons (Fsp3) is 1.00. The lowest BCUT2D eigenvalue weighted by Crippen LogP contribution is -2.37. The maximum absolute atomic E-state index is 10.2. The Morgan fingerprint density at radius 3 is 0.684 bits per heavy atom. The van der Waals surface area contributed by atoms with Crippen molar-refractivity contribution in [2.45, 2.75) is 0 Å². The van der Waals surface area contributed by atoms with E-state index >= 15 is 0 Å². The summed E-state index contributed by atoms with van der Waals surface area (Å²) in [7, 11) is -0.897. The molecule has 0 aromatic carbocycles. The van der Waals surface area contributed by atoms with Crippen molar-refractivity contribution in [3.8, 4) is 0 Å². The number of phosphoric ester groups is 3. The predicted octanol–water partition coefficient (Wildman–Crippen LogP) is -3.42. The van der Waals surface area contributed by atoms with Crippen molar-refractivity contribution in [2.24, 2.45) is 0 Å². The fourth-order valence-corrected chi connectivity index (χ4v) is 2.26. The van der Waals surface area contributed by atoms with Crippen LogP contribution in [0.4, 0.5) is 0 Å². The van der Waals surface area contributed by atoms with Gasteiger partial charge in [0.1, 0.15) is 39.5 Å². The minimum absolute atomic E-state index is 0.0772. The Hall–Kier alpha value is 0.320. The van der Waals surface area contributed by atoms with Crippen LogP contribution in [-0.2, 0) is 31.8 Å². The molecule has 0 spiro atoms. The molecule has 0 amide bonds. The van der Waals surface area contributed by atoms with Gasteiger partial charge in [-0.1, -0.05) is 0 Å². The summed E-state index contributed by atoms with van der Waals surface area (Å²) in [4.78, 5) is 75.4. The molecule has 0 rings (SSSR count). The van der Waals surface area contributed by atoms with E-state index in [-0.39, 0.29) is 19.8 Å². The van der Waals surface area contributed by atoms with Gasteiger partial charge in [-0.15, -0.1) is 0 Å². The van der Waals surface area contributed by atoms with Gasteiger partial charge in [-0.05, 0) is 0 Å². The van der Waals surface area contributed by atoms with Crippen molar-refractivity contribution in [1.82, 2.24) is 0 Å². The molecule has 0 heterocycles. The van der Waals surface area contributed by atoms with E-state index in [2.05, 4.69) is 13.6 Å². The van der Waals surface area contributed by atoms with Gasteiger partial charge in [-0.3, -0.25) is 13.6 Å². The molecule has 236 valence electrons. The highest BCUT2D eigenvalue weighted by Gasteiger charge is 2.17. The van der Waals surface area contributed by atoms with Gasteiger partial charge in [-0.25, -0.2) is 13.7 Å². The molecule has 0 saturated heterocycles. The van der Waals surface area contributed by atoms with Crippen LogP contribution >= 0.6 is 31.3 Å². The number of hydrogen-bond donors (Lipinski definition) is 6. The minimum Gasteiger partial charge on any atom is -0.822 e.